The molecule has 178 valence electrons. The van der Waals surface area contributed by atoms with Gasteiger partial charge in [-0.15, -0.1) is 0 Å². The second-order valence-electron chi connectivity index (χ2n) is 10.6. The Labute approximate surface area is 204 Å². The van der Waals surface area contributed by atoms with Crippen LogP contribution in [0.2, 0.25) is 0 Å². The molecule has 0 radical (unpaired) electrons. The van der Waals surface area contributed by atoms with Crippen molar-refractivity contribution in [3.63, 3.8) is 0 Å². The highest BCUT2D eigenvalue weighted by molar-refractivity contribution is 5.91. The number of allylic oxidation sites excluding steroid dienone is 1. The Morgan fingerprint density at radius 1 is 0.882 bits per heavy atom. The Morgan fingerprint density at radius 3 is 2.06 bits per heavy atom. The first-order chi connectivity index (χ1) is 16.6. The van der Waals surface area contributed by atoms with Gasteiger partial charge in [0.25, 0.3) is 0 Å². The monoisotopic (exact) mass is 455 g/mol. The van der Waals surface area contributed by atoms with Gasteiger partial charge < -0.3 is 10.4 Å². The minimum absolute atomic E-state index is 0.0272. The van der Waals surface area contributed by atoms with E-state index in [9.17, 15) is 9.90 Å². The number of nitrogens with one attached hydrogen (secondary N) is 1. The van der Waals surface area contributed by atoms with Crippen LogP contribution in [0.5, 0.6) is 5.75 Å². The Morgan fingerprint density at radius 2 is 1.47 bits per heavy atom. The van der Waals surface area contributed by atoms with Crippen molar-refractivity contribution < 1.29 is 9.90 Å². The van der Waals surface area contributed by atoms with Gasteiger partial charge >= 0.3 is 0 Å². The normalized spacial score (nSPS) is 25.1. The molecule has 0 spiro atoms. The maximum Gasteiger partial charge on any atom is 0.243 e. The second-order valence-corrected chi connectivity index (χ2v) is 10.6. The first-order valence-corrected chi connectivity index (χ1v) is 13.2. The molecule has 0 atom stereocenters. The van der Waals surface area contributed by atoms with Crippen LogP contribution in [0.3, 0.4) is 0 Å². The van der Waals surface area contributed by atoms with Crippen molar-refractivity contribution in [2.75, 3.05) is 6.54 Å². The summed E-state index contributed by atoms with van der Waals surface area (Å²) in [6.07, 6.45) is 13.7. The minimum atomic E-state index is -0.0272. The van der Waals surface area contributed by atoms with E-state index >= 15 is 0 Å². The summed E-state index contributed by atoms with van der Waals surface area (Å²) in [5.41, 5.74) is 6.52. The molecule has 34 heavy (non-hydrogen) atoms. The number of rotatable bonds is 8. The molecule has 2 N–H and O–H groups in total. The molecule has 0 aliphatic heterocycles. The van der Waals surface area contributed by atoms with Crippen LogP contribution in [-0.4, -0.2) is 17.6 Å². The SMILES string of the molecule is CCCCCNC(=O)/C=C/c1ccc(C(=C2C3CC4CC(C3)CC2C4)c2ccc(O)cc2)cc1. The average Bonchev–Trinajstić information content (AvgIpc) is 2.84. The summed E-state index contributed by atoms with van der Waals surface area (Å²) in [4.78, 5) is 12.1. The minimum Gasteiger partial charge on any atom is -0.508 e. The third kappa shape index (κ3) is 4.99. The average molecular weight is 456 g/mol. The summed E-state index contributed by atoms with van der Waals surface area (Å²) in [5, 5.41) is 12.8. The molecule has 3 nitrogen and oxygen atoms in total. The predicted octanol–water partition coefficient (Wildman–Crippen LogP) is 6.97. The van der Waals surface area contributed by atoms with Crippen LogP contribution in [0.25, 0.3) is 11.6 Å². The molecule has 0 aromatic heterocycles. The van der Waals surface area contributed by atoms with Crippen LogP contribution < -0.4 is 5.32 Å². The highest BCUT2D eigenvalue weighted by Crippen LogP contribution is 2.58. The van der Waals surface area contributed by atoms with E-state index in [-0.39, 0.29) is 5.91 Å². The fourth-order valence-electron chi connectivity index (χ4n) is 6.81. The standard InChI is InChI=1S/C31H37NO2/c1-2-3-4-15-32-29(34)14-7-21-5-8-24(9-6-21)30(25-10-12-28(33)13-11-25)31-26-17-22-16-23(19-26)20-27(31)18-22/h5-14,22-23,26-27,33H,2-4,15-20H2,1H3,(H,32,34)/b14-7+,31-30?. The summed E-state index contributed by atoms with van der Waals surface area (Å²) >= 11 is 0. The van der Waals surface area contributed by atoms with E-state index in [4.69, 9.17) is 0 Å². The maximum absolute atomic E-state index is 12.1. The van der Waals surface area contributed by atoms with Gasteiger partial charge in [0, 0.05) is 12.6 Å². The highest BCUT2D eigenvalue weighted by atomic mass is 16.3. The van der Waals surface area contributed by atoms with E-state index in [1.165, 1.54) is 48.8 Å². The van der Waals surface area contributed by atoms with Crippen LogP contribution in [0.4, 0.5) is 0 Å². The molecule has 4 fully saturated rings. The van der Waals surface area contributed by atoms with Crippen LogP contribution in [0.1, 0.15) is 75.0 Å². The Kier molecular flexibility index (Phi) is 6.89. The van der Waals surface area contributed by atoms with Crippen LogP contribution >= 0.6 is 0 Å². The zero-order chi connectivity index (χ0) is 23.5. The number of amides is 1. The van der Waals surface area contributed by atoms with Crippen molar-refractivity contribution in [2.24, 2.45) is 23.7 Å². The lowest BCUT2D eigenvalue weighted by atomic mass is 9.53. The lowest BCUT2D eigenvalue weighted by Gasteiger charge is -2.52. The number of hydrogen-bond donors (Lipinski definition) is 2. The summed E-state index contributed by atoms with van der Waals surface area (Å²) in [5.74, 6) is 3.54. The molecule has 4 aliphatic carbocycles. The van der Waals surface area contributed by atoms with Gasteiger partial charge in [-0.3, -0.25) is 4.79 Å². The molecular formula is C31H37NO2. The van der Waals surface area contributed by atoms with E-state index < -0.39 is 0 Å². The lowest BCUT2D eigenvalue weighted by Crippen LogP contribution is -2.40. The number of phenolic OH excluding ortho intramolecular Hbond substituents is 1. The molecule has 0 unspecified atom stereocenters. The number of aromatic hydroxyl groups is 1. The summed E-state index contributed by atoms with van der Waals surface area (Å²) < 4.78 is 0. The van der Waals surface area contributed by atoms with Gasteiger partial charge in [0.15, 0.2) is 0 Å². The maximum atomic E-state index is 12.1. The van der Waals surface area contributed by atoms with Crippen LogP contribution in [-0.2, 0) is 4.79 Å². The zero-order valence-corrected chi connectivity index (χ0v) is 20.3. The van der Waals surface area contributed by atoms with Gasteiger partial charge in [-0.1, -0.05) is 61.7 Å². The van der Waals surface area contributed by atoms with Gasteiger partial charge in [0.1, 0.15) is 5.75 Å². The fourth-order valence-corrected chi connectivity index (χ4v) is 6.81. The summed E-state index contributed by atoms with van der Waals surface area (Å²) in [7, 11) is 0. The zero-order valence-electron chi connectivity index (χ0n) is 20.3. The quantitative estimate of drug-likeness (QED) is 0.333. The predicted molar refractivity (Wildman–Crippen MR) is 139 cm³/mol. The van der Waals surface area contributed by atoms with E-state index in [1.807, 2.05) is 18.2 Å². The fraction of sp³-hybridized carbons (Fsp3) is 0.452. The van der Waals surface area contributed by atoms with E-state index in [0.29, 0.717) is 17.6 Å². The number of carbonyl (C=O) groups is 1. The van der Waals surface area contributed by atoms with Gasteiger partial charge in [-0.25, -0.2) is 0 Å². The van der Waals surface area contributed by atoms with Crippen molar-refractivity contribution in [3.05, 3.63) is 76.9 Å². The van der Waals surface area contributed by atoms with Crippen molar-refractivity contribution in [1.82, 2.24) is 5.32 Å². The third-order valence-electron chi connectivity index (χ3n) is 8.17. The highest BCUT2D eigenvalue weighted by Gasteiger charge is 2.46. The largest absolute Gasteiger partial charge is 0.508 e. The number of hydrogen-bond acceptors (Lipinski definition) is 2. The second kappa shape index (κ2) is 10.2. The molecular weight excluding hydrogens is 418 g/mol. The Hall–Kier alpha value is -2.81. The number of benzene rings is 2. The topological polar surface area (TPSA) is 49.3 Å². The molecule has 4 bridgehead atoms. The number of phenols is 1. The van der Waals surface area contributed by atoms with Gasteiger partial charge in [0.2, 0.25) is 5.91 Å². The van der Waals surface area contributed by atoms with Gasteiger partial charge in [-0.05, 0) is 103 Å². The molecule has 2 aromatic carbocycles. The van der Waals surface area contributed by atoms with Crippen molar-refractivity contribution in [3.8, 4) is 5.75 Å². The number of unbranched alkanes of at least 4 members (excludes halogenated alkanes) is 2. The molecule has 2 aromatic rings. The van der Waals surface area contributed by atoms with E-state index in [1.54, 1.807) is 11.6 Å². The van der Waals surface area contributed by atoms with Crippen LogP contribution in [0.15, 0.2) is 60.2 Å². The molecule has 0 saturated heterocycles. The van der Waals surface area contributed by atoms with Crippen molar-refractivity contribution >= 4 is 17.6 Å². The molecule has 3 heteroatoms. The van der Waals surface area contributed by atoms with Crippen LogP contribution in [0, 0.1) is 23.7 Å². The summed E-state index contributed by atoms with van der Waals surface area (Å²) in [6, 6.07) is 16.4. The molecule has 0 heterocycles. The molecule has 1 amide bonds. The third-order valence-corrected chi connectivity index (χ3v) is 8.17. The molecule has 4 aliphatic rings. The lowest BCUT2D eigenvalue weighted by molar-refractivity contribution is -0.116. The molecule has 4 saturated carbocycles. The van der Waals surface area contributed by atoms with E-state index in [2.05, 4.69) is 48.6 Å². The Bertz CT molecular complexity index is 1030. The van der Waals surface area contributed by atoms with Gasteiger partial charge in [-0.2, -0.15) is 0 Å². The molecule has 6 rings (SSSR count). The van der Waals surface area contributed by atoms with Crippen molar-refractivity contribution in [2.45, 2.75) is 58.3 Å². The smallest absolute Gasteiger partial charge is 0.243 e. The van der Waals surface area contributed by atoms with E-state index in [0.717, 1.165) is 43.2 Å². The Balaban J connectivity index is 1.40. The number of carbonyl (C=O) groups excluding carboxylic acids is 1. The van der Waals surface area contributed by atoms with Gasteiger partial charge in [0.05, 0.1) is 0 Å². The first-order valence-electron chi connectivity index (χ1n) is 13.2. The van der Waals surface area contributed by atoms with Crippen molar-refractivity contribution in [1.29, 1.82) is 0 Å². The summed E-state index contributed by atoms with van der Waals surface area (Å²) in [6.45, 7) is 2.90. The first kappa shape index (κ1) is 23.0.